The van der Waals surface area contributed by atoms with E-state index >= 15 is 0 Å². The third-order valence-electron chi connectivity index (χ3n) is 21.8. The number of hydrogen-bond acceptors (Lipinski definition) is 4. The van der Waals surface area contributed by atoms with Crippen LogP contribution in [0.5, 0.6) is 0 Å². The van der Waals surface area contributed by atoms with Crippen molar-refractivity contribution in [1.29, 1.82) is 0 Å². The maximum atomic E-state index is 7.13. The van der Waals surface area contributed by atoms with Crippen LogP contribution in [0.4, 0.5) is 39.8 Å². The second-order valence-corrected chi connectivity index (χ2v) is 30.4. The molecule has 7 aromatic carbocycles. The molecular formula is C74H84BN3O. The minimum absolute atomic E-state index is 0.0325. The van der Waals surface area contributed by atoms with Gasteiger partial charge in [0.05, 0.1) is 27.8 Å². The molecule has 2 fully saturated rings. The zero-order chi connectivity index (χ0) is 55.5. The fraction of sp³-hybridized carbons (Fsp3) is 0.432. The third-order valence-corrected chi connectivity index (χ3v) is 21.8. The van der Waals surface area contributed by atoms with Gasteiger partial charge in [-0.15, -0.1) is 0 Å². The Balaban J connectivity index is 1.18. The average molecular weight is 1040 g/mol. The Bertz CT molecular complexity index is 3890. The SMILES string of the molecule is CC(C)(C)c1ccc(N2c3cc(N4c5ccc(C(C)(C)C)cc5C5(C)CCCCC45C)cc4c3B(c3cc(C(C)(C)C)cc5c3N4C3(C)CCCCC53C)c3ccc4oc5ccc(C(C)(C)C)cc5c4c32)c(-c2ccccc2)c1. The Hall–Kier alpha value is -6.20. The molecule has 0 spiro atoms. The summed E-state index contributed by atoms with van der Waals surface area (Å²) in [6, 6.07) is 48.8. The van der Waals surface area contributed by atoms with E-state index in [-0.39, 0.29) is 50.3 Å². The fourth-order valence-electron chi connectivity index (χ4n) is 16.6. The zero-order valence-corrected chi connectivity index (χ0v) is 50.5. The molecule has 4 nitrogen and oxygen atoms in total. The molecule has 0 amide bonds. The molecular weight excluding hydrogens is 958 g/mol. The van der Waals surface area contributed by atoms with E-state index in [0.29, 0.717) is 0 Å². The van der Waals surface area contributed by atoms with Crippen LogP contribution in [0.2, 0.25) is 0 Å². The van der Waals surface area contributed by atoms with Crippen molar-refractivity contribution in [3.8, 4) is 11.1 Å². The summed E-state index contributed by atoms with van der Waals surface area (Å²) in [5.74, 6) is 0. The molecule has 6 aliphatic rings. The summed E-state index contributed by atoms with van der Waals surface area (Å²) in [4.78, 5) is 8.62. The maximum Gasteiger partial charge on any atom is 0.252 e. The minimum Gasteiger partial charge on any atom is -0.456 e. The Labute approximate surface area is 473 Å². The lowest BCUT2D eigenvalue weighted by molar-refractivity contribution is 0.194. The molecule has 4 unspecified atom stereocenters. The lowest BCUT2D eigenvalue weighted by Crippen LogP contribution is -2.64. The van der Waals surface area contributed by atoms with Crippen LogP contribution in [0, 0.1) is 0 Å². The number of furan rings is 1. The van der Waals surface area contributed by atoms with Crippen molar-refractivity contribution in [2.75, 3.05) is 14.7 Å². The van der Waals surface area contributed by atoms with Gasteiger partial charge in [0.2, 0.25) is 0 Å². The predicted molar refractivity (Wildman–Crippen MR) is 339 cm³/mol. The standard InChI is InChI=1S/C74H84BN3O/c1-67(2,3)46-26-30-57(51(38-46)45-24-18-17-19-25-45)76-59-43-50(77-58-31-27-48(69(7,8)9)40-53(58)71(13)34-20-22-36-73(71,77)15)44-60-64(59)75(55-29-33-62-63(66(55)76)52-39-47(68(4,5)6)28-32-61(52)79-62)56-42-49(70(10,11)12)41-54-65(56)78(60)74(16)37-23-21-35-72(54,74)14/h17-19,24-33,38-44H,20-23,34-37H2,1-16H3. The van der Waals surface area contributed by atoms with E-state index in [4.69, 9.17) is 4.42 Å². The van der Waals surface area contributed by atoms with Crippen LogP contribution >= 0.6 is 0 Å². The van der Waals surface area contributed by atoms with Gasteiger partial charge in [-0.25, -0.2) is 0 Å². The second kappa shape index (κ2) is 16.3. The van der Waals surface area contributed by atoms with Gasteiger partial charge in [0.1, 0.15) is 11.2 Å². The molecule has 14 rings (SSSR count). The van der Waals surface area contributed by atoms with E-state index in [9.17, 15) is 0 Å². The van der Waals surface area contributed by atoms with Crippen molar-refractivity contribution in [2.45, 2.75) is 206 Å². The second-order valence-electron chi connectivity index (χ2n) is 30.4. The van der Waals surface area contributed by atoms with Crippen LogP contribution in [0.25, 0.3) is 33.1 Å². The monoisotopic (exact) mass is 1040 g/mol. The van der Waals surface area contributed by atoms with E-state index in [1.807, 2.05) is 0 Å². The van der Waals surface area contributed by atoms with Gasteiger partial charge in [0.25, 0.3) is 6.71 Å². The van der Waals surface area contributed by atoms with E-state index in [1.165, 1.54) is 144 Å². The van der Waals surface area contributed by atoms with Crippen LogP contribution in [0.1, 0.15) is 196 Å². The third kappa shape index (κ3) is 6.86. The van der Waals surface area contributed by atoms with Crippen LogP contribution in [-0.4, -0.2) is 17.8 Å². The Morgan fingerprint density at radius 3 is 1.65 bits per heavy atom. The first-order valence-corrected chi connectivity index (χ1v) is 30.3. The Morgan fingerprint density at radius 1 is 0.443 bits per heavy atom. The van der Waals surface area contributed by atoms with Gasteiger partial charge in [0, 0.05) is 50.2 Å². The molecule has 2 aliphatic carbocycles. The van der Waals surface area contributed by atoms with Gasteiger partial charge in [-0.05, 0) is 165 Å². The molecule has 0 bridgehead atoms. The topological polar surface area (TPSA) is 22.9 Å². The number of anilines is 7. The predicted octanol–water partition coefficient (Wildman–Crippen LogP) is 18.5. The number of benzene rings is 7. The number of hydrogen-bond donors (Lipinski definition) is 0. The summed E-state index contributed by atoms with van der Waals surface area (Å²) in [7, 11) is 0. The fourth-order valence-corrected chi connectivity index (χ4v) is 16.6. The summed E-state index contributed by atoms with van der Waals surface area (Å²) >= 11 is 0. The van der Waals surface area contributed by atoms with Crippen molar-refractivity contribution in [3.63, 3.8) is 0 Å². The molecule has 404 valence electrons. The van der Waals surface area contributed by atoms with Crippen molar-refractivity contribution in [2.24, 2.45) is 0 Å². The largest absolute Gasteiger partial charge is 0.456 e. The van der Waals surface area contributed by atoms with Gasteiger partial charge in [-0.2, -0.15) is 0 Å². The van der Waals surface area contributed by atoms with Gasteiger partial charge >= 0.3 is 0 Å². The zero-order valence-electron chi connectivity index (χ0n) is 50.5. The molecule has 0 saturated heterocycles. The number of nitrogens with zero attached hydrogens (tertiary/aromatic N) is 3. The smallest absolute Gasteiger partial charge is 0.252 e. The maximum absolute atomic E-state index is 7.13. The first-order valence-electron chi connectivity index (χ1n) is 30.3. The summed E-state index contributed by atoms with van der Waals surface area (Å²) < 4.78 is 7.13. The molecule has 79 heavy (non-hydrogen) atoms. The van der Waals surface area contributed by atoms with Crippen LogP contribution in [0.3, 0.4) is 0 Å². The summed E-state index contributed by atoms with van der Waals surface area (Å²) in [6.07, 6.45) is 9.59. The quantitative estimate of drug-likeness (QED) is 0.165. The van der Waals surface area contributed by atoms with E-state index in [1.54, 1.807) is 5.56 Å². The highest BCUT2D eigenvalue weighted by molar-refractivity contribution is 7.00. The molecule has 5 heterocycles. The number of fused-ring (bicyclic) bond motifs is 14. The molecule has 8 aromatic rings. The lowest BCUT2D eigenvalue weighted by atomic mass is 9.33. The van der Waals surface area contributed by atoms with Crippen molar-refractivity contribution < 1.29 is 4.42 Å². The molecule has 0 N–H and O–H groups in total. The molecule has 1 aromatic heterocycles. The van der Waals surface area contributed by atoms with Crippen molar-refractivity contribution in [1.82, 2.24) is 0 Å². The van der Waals surface area contributed by atoms with Crippen LogP contribution < -0.4 is 31.1 Å². The average Bonchev–Trinajstić information content (AvgIpc) is 2.03. The first kappa shape index (κ1) is 51.0. The summed E-state index contributed by atoms with van der Waals surface area (Å²) in [5.41, 5.74) is 25.9. The Kier molecular flexibility index (Phi) is 10.5. The molecule has 4 atom stereocenters. The molecule has 2 saturated carbocycles. The lowest BCUT2D eigenvalue weighted by Gasteiger charge is -2.54. The normalized spacial score (nSPS) is 24.2. The van der Waals surface area contributed by atoms with Crippen LogP contribution in [-0.2, 0) is 32.5 Å². The highest BCUT2D eigenvalue weighted by atomic mass is 16.3. The summed E-state index contributed by atoms with van der Waals surface area (Å²) in [5, 5.41) is 2.38. The number of rotatable bonds is 3. The van der Waals surface area contributed by atoms with Gasteiger partial charge in [-0.1, -0.05) is 195 Å². The first-order chi connectivity index (χ1) is 37.2. The van der Waals surface area contributed by atoms with Gasteiger partial charge < -0.3 is 19.1 Å². The summed E-state index contributed by atoms with van der Waals surface area (Å²) in [6.45, 7) is 39.1. The molecule has 0 radical (unpaired) electrons. The van der Waals surface area contributed by atoms with Gasteiger partial charge in [0.15, 0.2) is 0 Å². The highest BCUT2D eigenvalue weighted by Gasteiger charge is 2.63. The van der Waals surface area contributed by atoms with Crippen LogP contribution in [0.15, 0.2) is 126 Å². The molecule has 5 heteroatoms. The highest BCUT2D eigenvalue weighted by Crippen LogP contribution is 2.66. The minimum atomic E-state index is -0.156. The van der Waals surface area contributed by atoms with Crippen molar-refractivity contribution >= 4 is 84.9 Å². The van der Waals surface area contributed by atoms with E-state index in [2.05, 4.69) is 247 Å². The van der Waals surface area contributed by atoms with E-state index in [0.717, 1.165) is 24.0 Å². The van der Waals surface area contributed by atoms with Gasteiger partial charge in [-0.3, -0.25) is 0 Å². The van der Waals surface area contributed by atoms with E-state index < -0.39 is 0 Å². The Morgan fingerprint density at radius 2 is 0.987 bits per heavy atom. The molecule has 4 aliphatic heterocycles. The van der Waals surface area contributed by atoms with Crippen molar-refractivity contribution in [3.05, 3.63) is 155 Å².